The van der Waals surface area contributed by atoms with E-state index in [1.807, 2.05) is 19.9 Å². The van der Waals surface area contributed by atoms with Crippen molar-refractivity contribution in [3.05, 3.63) is 28.9 Å². The molecule has 6 heteroatoms. The third-order valence-corrected chi connectivity index (χ3v) is 3.42. The van der Waals surface area contributed by atoms with E-state index in [9.17, 15) is 0 Å². The van der Waals surface area contributed by atoms with E-state index in [4.69, 9.17) is 37.9 Å². The highest BCUT2D eigenvalue weighted by atomic mass is 35.5. The Bertz CT molecular complexity index is 669. The first kappa shape index (κ1) is 18.3. The molecule has 4 nitrogen and oxygen atoms in total. The molecule has 2 aromatic rings. The highest BCUT2D eigenvalue weighted by molar-refractivity contribution is 6.36. The first-order valence-electron chi connectivity index (χ1n) is 6.96. The largest absolute Gasteiger partial charge is 0.493 e. The summed E-state index contributed by atoms with van der Waals surface area (Å²) in [4.78, 5) is 4.21. The summed E-state index contributed by atoms with van der Waals surface area (Å²) in [7, 11) is 1.55. The molecule has 0 spiro atoms. The van der Waals surface area contributed by atoms with Crippen molar-refractivity contribution in [2.45, 2.75) is 20.3 Å². The molecule has 1 heterocycles. The standard InChI is InChI=1S/C14H12Cl2N2O2.C2H6/c1-19-12-5-10-11(6-13(12)20-4-2-3-15)18-8-9(7-17)14(10)16;1-2/h5-6,8H,2-4H2,1H3;1-2H3. The molecule has 118 valence electrons. The maximum absolute atomic E-state index is 8.96. The molecule has 0 bridgehead atoms. The molecule has 0 aliphatic rings. The Morgan fingerprint density at radius 1 is 1.27 bits per heavy atom. The van der Waals surface area contributed by atoms with Crippen molar-refractivity contribution in [3.63, 3.8) is 0 Å². The van der Waals surface area contributed by atoms with E-state index >= 15 is 0 Å². The number of methoxy groups -OCH3 is 1. The van der Waals surface area contributed by atoms with Gasteiger partial charge in [0, 0.05) is 23.5 Å². The number of ether oxygens (including phenoxy) is 2. The van der Waals surface area contributed by atoms with Crippen molar-refractivity contribution in [1.82, 2.24) is 4.98 Å². The van der Waals surface area contributed by atoms with Crippen LogP contribution in [0, 0.1) is 11.3 Å². The summed E-state index contributed by atoms with van der Waals surface area (Å²) in [6.45, 7) is 4.50. The third kappa shape index (κ3) is 4.16. The number of aromatic nitrogens is 1. The molecule has 0 unspecified atom stereocenters. The summed E-state index contributed by atoms with van der Waals surface area (Å²) in [5.74, 6) is 1.66. The number of hydrogen-bond donors (Lipinski definition) is 0. The molecular formula is C16H18Cl2N2O2. The summed E-state index contributed by atoms with van der Waals surface area (Å²) >= 11 is 11.8. The molecule has 0 aliphatic carbocycles. The van der Waals surface area contributed by atoms with Crippen LogP contribution in [-0.2, 0) is 0 Å². The average Bonchev–Trinajstić information content (AvgIpc) is 2.57. The maximum atomic E-state index is 8.96. The highest BCUT2D eigenvalue weighted by Crippen LogP contribution is 2.35. The molecule has 0 aliphatic heterocycles. The SMILES string of the molecule is CC.COc1cc2c(Cl)c(C#N)cnc2cc1OCCCCl. The van der Waals surface area contributed by atoms with E-state index in [0.717, 1.165) is 6.42 Å². The van der Waals surface area contributed by atoms with Crippen molar-refractivity contribution in [1.29, 1.82) is 5.26 Å². The number of nitrogens with zero attached hydrogens (tertiary/aromatic N) is 2. The Kier molecular flexibility index (Phi) is 7.79. The number of pyridine rings is 1. The average molecular weight is 341 g/mol. The van der Waals surface area contributed by atoms with Crippen molar-refractivity contribution >= 4 is 34.1 Å². The second kappa shape index (κ2) is 9.34. The minimum absolute atomic E-state index is 0.331. The fourth-order valence-corrected chi connectivity index (χ4v) is 2.11. The smallest absolute Gasteiger partial charge is 0.163 e. The van der Waals surface area contributed by atoms with E-state index in [-0.39, 0.29) is 0 Å². The van der Waals surface area contributed by atoms with Crippen LogP contribution in [0.3, 0.4) is 0 Å². The quantitative estimate of drug-likeness (QED) is 0.579. The van der Waals surface area contributed by atoms with E-state index in [1.165, 1.54) is 6.20 Å². The first-order chi connectivity index (χ1) is 10.7. The molecule has 0 saturated carbocycles. The van der Waals surface area contributed by atoms with Crippen LogP contribution in [0.5, 0.6) is 11.5 Å². The summed E-state index contributed by atoms with van der Waals surface area (Å²) in [5.41, 5.74) is 0.979. The number of alkyl halides is 1. The van der Waals surface area contributed by atoms with E-state index in [0.29, 0.717) is 45.5 Å². The topological polar surface area (TPSA) is 55.1 Å². The molecule has 1 aromatic heterocycles. The van der Waals surface area contributed by atoms with Crippen molar-refractivity contribution < 1.29 is 9.47 Å². The van der Waals surface area contributed by atoms with Gasteiger partial charge in [-0.25, -0.2) is 0 Å². The van der Waals surface area contributed by atoms with Gasteiger partial charge in [-0.05, 0) is 12.5 Å². The molecule has 2 rings (SSSR count). The number of benzene rings is 1. The minimum Gasteiger partial charge on any atom is -0.493 e. The monoisotopic (exact) mass is 340 g/mol. The predicted molar refractivity (Wildman–Crippen MR) is 90.2 cm³/mol. The molecule has 0 fully saturated rings. The first-order valence-corrected chi connectivity index (χ1v) is 7.87. The zero-order valence-corrected chi connectivity index (χ0v) is 14.3. The summed E-state index contributed by atoms with van der Waals surface area (Å²) < 4.78 is 10.9. The van der Waals surface area contributed by atoms with Gasteiger partial charge in [0.15, 0.2) is 11.5 Å². The molecule has 1 aromatic carbocycles. The lowest BCUT2D eigenvalue weighted by Crippen LogP contribution is -2.00. The van der Waals surface area contributed by atoms with Gasteiger partial charge in [0.05, 0.1) is 29.8 Å². The second-order valence-corrected chi connectivity index (χ2v) is 4.76. The molecule has 0 atom stereocenters. The molecule has 0 radical (unpaired) electrons. The third-order valence-electron chi connectivity index (χ3n) is 2.74. The van der Waals surface area contributed by atoms with Gasteiger partial charge in [0.2, 0.25) is 0 Å². The summed E-state index contributed by atoms with van der Waals surface area (Å²) in [5, 5.41) is 9.98. The Balaban J connectivity index is 0.00000116. The number of fused-ring (bicyclic) bond motifs is 1. The van der Waals surface area contributed by atoms with Crippen LogP contribution < -0.4 is 9.47 Å². The van der Waals surface area contributed by atoms with E-state index < -0.39 is 0 Å². The van der Waals surface area contributed by atoms with Crippen molar-refractivity contribution in [2.24, 2.45) is 0 Å². The van der Waals surface area contributed by atoms with Crippen LogP contribution in [-0.4, -0.2) is 24.6 Å². The van der Waals surface area contributed by atoms with Gasteiger partial charge in [-0.15, -0.1) is 11.6 Å². The fraction of sp³-hybridized carbons (Fsp3) is 0.375. The lowest BCUT2D eigenvalue weighted by molar-refractivity contribution is 0.295. The lowest BCUT2D eigenvalue weighted by atomic mass is 10.1. The number of nitriles is 1. The molecule has 0 saturated heterocycles. The Morgan fingerprint density at radius 3 is 2.59 bits per heavy atom. The van der Waals surface area contributed by atoms with Crippen LogP contribution in [0.15, 0.2) is 18.3 Å². The zero-order chi connectivity index (χ0) is 16.5. The molecule has 0 amide bonds. The van der Waals surface area contributed by atoms with Gasteiger partial charge in [-0.1, -0.05) is 25.4 Å². The van der Waals surface area contributed by atoms with Crippen molar-refractivity contribution in [3.8, 4) is 17.6 Å². The van der Waals surface area contributed by atoms with Gasteiger partial charge < -0.3 is 9.47 Å². The maximum Gasteiger partial charge on any atom is 0.163 e. The normalized spacial score (nSPS) is 9.64. The zero-order valence-electron chi connectivity index (χ0n) is 12.8. The van der Waals surface area contributed by atoms with Gasteiger partial charge in [0.1, 0.15) is 6.07 Å². The Hall–Kier alpha value is -1.70. The van der Waals surface area contributed by atoms with Gasteiger partial charge >= 0.3 is 0 Å². The van der Waals surface area contributed by atoms with Gasteiger partial charge in [-0.2, -0.15) is 5.26 Å². The Labute approximate surface area is 140 Å². The lowest BCUT2D eigenvalue weighted by Gasteiger charge is -2.12. The van der Waals surface area contributed by atoms with Crippen LogP contribution in [0.4, 0.5) is 0 Å². The van der Waals surface area contributed by atoms with Gasteiger partial charge in [-0.3, -0.25) is 4.98 Å². The molecular weight excluding hydrogens is 323 g/mol. The van der Waals surface area contributed by atoms with Crippen molar-refractivity contribution in [2.75, 3.05) is 19.6 Å². The number of hydrogen-bond acceptors (Lipinski definition) is 4. The molecule has 0 N–H and O–H groups in total. The van der Waals surface area contributed by atoms with Crippen LogP contribution in [0.25, 0.3) is 10.9 Å². The summed E-state index contributed by atoms with van der Waals surface area (Å²) in [6.07, 6.45) is 2.18. The van der Waals surface area contributed by atoms with Gasteiger partial charge in [0.25, 0.3) is 0 Å². The van der Waals surface area contributed by atoms with Crippen LogP contribution in [0.1, 0.15) is 25.8 Å². The molecule has 22 heavy (non-hydrogen) atoms. The number of halogens is 2. The fourth-order valence-electron chi connectivity index (χ4n) is 1.75. The van der Waals surface area contributed by atoms with E-state index in [2.05, 4.69) is 4.98 Å². The van der Waals surface area contributed by atoms with E-state index in [1.54, 1.807) is 19.2 Å². The van der Waals surface area contributed by atoms with Crippen LogP contribution in [0.2, 0.25) is 5.02 Å². The predicted octanol–water partition coefficient (Wildman–Crippen LogP) is 4.80. The highest BCUT2D eigenvalue weighted by Gasteiger charge is 2.12. The number of rotatable bonds is 5. The van der Waals surface area contributed by atoms with Crippen LogP contribution >= 0.6 is 23.2 Å². The Morgan fingerprint density at radius 2 is 2.00 bits per heavy atom. The minimum atomic E-state index is 0.331. The summed E-state index contributed by atoms with van der Waals surface area (Å²) in [6, 6.07) is 5.47. The second-order valence-electron chi connectivity index (χ2n) is 4.01.